The Morgan fingerprint density at radius 3 is 2.54 bits per heavy atom. The van der Waals surface area contributed by atoms with Gasteiger partial charge in [0.1, 0.15) is 0 Å². The van der Waals surface area contributed by atoms with Gasteiger partial charge < -0.3 is 10.2 Å². The average Bonchev–Trinajstić information content (AvgIpc) is 2.02. The van der Waals surface area contributed by atoms with Crippen molar-refractivity contribution in [1.82, 2.24) is 10.2 Å². The Hall–Kier alpha value is -0.830. The molecule has 1 N–H and O–H groups in total. The summed E-state index contributed by atoms with van der Waals surface area (Å²) in [5.41, 5.74) is 0. The molecule has 0 aromatic rings. The Balaban J connectivity index is 3.47. The molecule has 0 saturated heterocycles. The van der Waals surface area contributed by atoms with Crippen LogP contribution in [-0.4, -0.2) is 38.0 Å². The van der Waals surface area contributed by atoms with Gasteiger partial charge in [0.2, 0.25) is 5.91 Å². The number of hydrogen-bond donors (Lipinski definition) is 1. The lowest BCUT2D eigenvalue weighted by atomic mass is 10.2. The van der Waals surface area contributed by atoms with E-state index in [4.69, 9.17) is 0 Å². The number of carbonyl (C=O) groups is 1. The van der Waals surface area contributed by atoms with Gasteiger partial charge in [-0.05, 0) is 12.5 Å². The minimum absolute atomic E-state index is 0.0337. The lowest BCUT2D eigenvalue weighted by Crippen LogP contribution is -2.21. The molecule has 0 spiro atoms. The second-order valence-corrected chi connectivity index (χ2v) is 3.69. The topological polar surface area (TPSA) is 32.3 Å². The van der Waals surface area contributed by atoms with E-state index in [0.717, 1.165) is 13.1 Å². The first kappa shape index (κ1) is 12.2. The van der Waals surface area contributed by atoms with Gasteiger partial charge in [0, 0.05) is 26.7 Å². The van der Waals surface area contributed by atoms with Crippen LogP contribution >= 0.6 is 0 Å². The minimum Gasteiger partial charge on any atom is -0.345 e. The standard InChI is InChI=1S/C10H20N2O/c1-9(2)8-11-7-5-6-10(13)12(3)4/h5-6,9,11H,7-8H2,1-4H3/b6-5+. The Labute approximate surface area is 80.8 Å². The fourth-order valence-corrected chi connectivity index (χ4v) is 0.764. The van der Waals surface area contributed by atoms with Gasteiger partial charge in [-0.1, -0.05) is 19.9 Å². The molecule has 0 rings (SSSR count). The molecule has 0 aromatic carbocycles. The van der Waals surface area contributed by atoms with Crippen molar-refractivity contribution in [3.63, 3.8) is 0 Å². The van der Waals surface area contributed by atoms with Gasteiger partial charge >= 0.3 is 0 Å². The number of nitrogens with one attached hydrogen (secondary N) is 1. The van der Waals surface area contributed by atoms with Crippen molar-refractivity contribution in [3.05, 3.63) is 12.2 Å². The summed E-state index contributed by atoms with van der Waals surface area (Å²) >= 11 is 0. The van der Waals surface area contributed by atoms with E-state index in [9.17, 15) is 4.79 Å². The zero-order valence-corrected chi connectivity index (χ0v) is 9.00. The second kappa shape index (κ2) is 6.66. The summed E-state index contributed by atoms with van der Waals surface area (Å²) in [7, 11) is 3.49. The van der Waals surface area contributed by atoms with Crippen LogP contribution in [0.4, 0.5) is 0 Å². The van der Waals surface area contributed by atoms with Gasteiger partial charge in [-0.2, -0.15) is 0 Å². The normalized spacial score (nSPS) is 11.2. The number of nitrogens with zero attached hydrogens (tertiary/aromatic N) is 1. The van der Waals surface area contributed by atoms with Gasteiger partial charge in [0.05, 0.1) is 0 Å². The Bertz CT molecular complexity index is 174. The molecule has 0 atom stereocenters. The molecule has 13 heavy (non-hydrogen) atoms. The van der Waals surface area contributed by atoms with Crippen molar-refractivity contribution in [2.24, 2.45) is 5.92 Å². The monoisotopic (exact) mass is 184 g/mol. The first-order valence-corrected chi connectivity index (χ1v) is 4.62. The van der Waals surface area contributed by atoms with E-state index in [1.165, 1.54) is 0 Å². The maximum Gasteiger partial charge on any atom is 0.245 e. The van der Waals surface area contributed by atoms with E-state index in [-0.39, 0.29) is 5.91 Å². The maximum atomic E-state index is 11.1. The van der Waals surface area contributed by atoms with Crippen molar-refractivity contribution in [1.29, 1.82) is 0 Å². The van der Waals surface area contributed by atoms with Gasteiger partial charge in [-0.25, -0.2) is 0 Å². The Morgan fingerprint density at radius 2 is 2.08 bits per heavy atom. The molecule has 0 heterocycles. The summed E-state index contributed by atoms with van der Waals surface area (Å²) in [5.74, 6) is 0.685. The van der Waals surface area contributed by atoms with Gasteiger partial charge in [0.15, 0.2) is 0 Å². The maximum absolute atomic E-state index is 11.1. The molecular weight excluding hydrogens is 164 g/mol. The number of rotatable bonds is 5. The molecule has 0 aliphatic heterocycles. The predicted octanol–water partition coefficient (Wildman–Crippen LogP) is 0.876. The van der Waals surface area contributed by atoms with Crippen LogP contribution in [0.1, 0.15) is 13.8 Å². The lowest BCUT2D eigenvalue weighted by molar-refractivity contribution is -0.123. The molecule has 3 nitrogen and oxygen atoms in total. The lowest BCUT2D eigenvalue weighted by Gasteiger charge is -2.06. The third kappa shape index (κ3) is 7.53. The van der Waals surface area contributed by atoms with Crippen LogP contribution in [0.15, 0.2) is 12.2 Å². The van der Waals surface area contributed by atoms with E-state index in [1.54, 1.807) is 25.1 Å². The number of carbonyl (C=O) groups excluding carboxylic acids is 1. The fraction of sp³-hybridized carbons (Fsp3) is 0.700. The van der Waals surface area contributed by atoms with Gasteiger partial charge in [0.25, 0.3) is 0 Å². The quantitative estimate of drug-likeness (QED) is 0.508. The minimum atomic E-state index is 0.0337. The molecule has 76 valence electrons. The number of likely N-dealkylation sites (N-methyl/N-ethyl adjacent to an activating group) is 1. The zero-order valence-electron chi connectivity index (χ0n) is 9.00. The molecule has 0 aliphatic carbocycles. The largest absolute Gasteiger partial charge is 0.345 e. The van der Waals surface area contributed by atoms with Crippen LogP contribution in [0.2, 0.25) is 0 Å². The molecule has 0 radical (unpaired) electrons. The van der Waals surface area contributed by atoms with Crippen molar-refractivity contribution in [2.45, 2.75) is 13.8 Å². The molecule has 0 saturated carbocycles. The van der Waals surface area contributed by atoms with Crippen LogP contribution in [-0.2, 0) is 4.79 Å². The molecular formula is C10H20N2O. The Kier molecular flexibility index (Phi) is 6.24. The molecule has 0 aliphatic rings. The van der Waals surface area contributed by atoms with Crippen molar-refractivity contribution >= 4 is 5.91 Å². The summed E-state index contributed by atoms with van der Waals surface area (Å²) < 4.78 is 0. The van der Waals surface area contributed by atoms with Crippen molar-refractivity contribution in [3.8, 4) is 0 Å². The highest BCUT2D eigenvalue weighted by molar-refractivity contribution is 5.87. The van der Waals surface area contributed by atoms with Crippen LogP contribution in [0.25, 0.3) is 0 Å². The third-order valence-electron chi connectivity index (χ3n) is 1.52. The van der Waals surface area contributed by atoms with Crippen LogP contribution in [0.5, 0.6) is 0 Å². The highest BCUT2D eigenvalue weighted by atomic mass is 16.2. The number of hydrogen-bond acceptors (Lipinski definition) is 2. The van der Waals surface area contributed by atoms with Crippen molar-refractivity contribution in [2.75, 3.05) is 27.2 Å². The molecule has 1 amide bonds. The summed E-state index contributed by atoms with van der Waals surface area (Å²) in [4.78, 5) is 12.6. The van der Waals surface area contributed by atoms with Gasteiger partial charge in [-0.15, -0.1) is 0 Å². The van der Waals surface area contributed by atoms with Crippen LogP contribution < -0.4 is 5.32 Å². The first-order chi connectivity index (χ1) is 6.04. The fourth-order valence-electron chi connectivity index (χ4n) is 0.764. The highest BCUT2D eigenvalue weighted by Crippen LogP contribution is 1.86. The molecule has 0 unspecified atom stereocenters. The predicted molar refractivity (Wildman–Crippen MR) is 55.5 cm³/mol. The third-order valence-corrected chi connectivity index (χ3v) is 1.52. The summed E-state index contributed by atoms with van der Waals surface area (Å²) in [6, 6.07) is 0. The van der Waals surface area contributed by atoms with Crippen molar-refractivity contribution < 1.29 is 4.79 Å². The van der Waals surface area contributed by atoms with E-state index >= 15 is 0 Å². The molecule has 0 bridgehead atoms. The van der Waals surface area contributed by atoms with E-state index in [2.05, 4.69) is 19.2 Å². The van der Waals surface area contributed by atoms with Gasteiger partial charge in [-0.3, -0.25) is 4.79 Å². The highest BCUT2D eigenvalue weighted by Gasteiger charge is 1.95. The van der Waals surface area contributed by atoms with Crippen LogP contribution in [0.3, 0.4) is 0 Å². The Morgan fingerprint density at radius 1 is 1.46 bits per heavy atom. The van der Waals surface area contributed by atoms with E-state index in [0.29, 0.717) is 5.92 Å². The molecule has 0 fully saturated rings. The van der Waals surface area contributed by atoms with E-state index < -0.39 is 0 Å². The summed E-state index contributed by atoms with van der Waals surface area (Å²) in [6.45, 7) is 6.06. The molecule has 0 aromatic heterocycles. The summed E-state index contributed by atoms with van der Waals surface area (Å²) in [6.07, 6.45) is 3.44. The zero-order chi connectivity index (χ0) is 10.3. The SMILES string of the molecule is CC(C)CNC/C=C/C(=O)N(C)C. The smallest absolute Gasteiger partial charge is 0.245 e. The first-order valence-electron chi connectivity index (χ1n) is 4.62. The average molecular weight is 184 g/mol. The van der Waals surface area contributed by atoms with E-state index in [1.807, 2.05) is 6.08 Å². The van der Waals surface area contributed by atoms with Crippen LogP contribution in [0, 0.1) is 5.92 Å². The summed E-state index contributed by atoms with van der Waals surface area (Å²) in [5, 5.41) is 3.22. The molecule has 3 heteroatoms. The second-order valence-electron chi connectivity index (χ2n) is 3.69. The number of amides is 1.